The van der Waals surface area contributed by atoms with Crippen LogP contribution < -0.4 is 5.32 Å². The summed E-state index contributed by atoms with van der Waals surface area (Å²) in [4.78, 5) is 13.4. The van der Waals surface area contributed by atoms with Gasteiger partial charge in [-0.2, -0.15) is 0 Å². The van der Waals surface area contributed by atoms with E-state index in [2.05, 4.69) is 5.32 Å². The summed E-state index contributed by atoms with van der Waals surface area (Å²) in [5.74, 6) is -1.62. The first-order valence-corrected chi connectivity index (χ1v) is 5.79. The van der Waals surface area contributed by atoms with Crippen molar-refractivity contribution in [2.75, 3.05) is 26.0 Å². The maximum atomic E-state index is 13.5. The monoisotopic (exact) mass is 256 g/mol. The van der Waals surface area contributed by atoms with Crippen molar-refractivity contribution in [3.8, 4) is 0 Å². The first-order valence-electron chi connectivity index (χ1n) is 5.79. The van der Waals surface area contributed by atoms with Crippen molar-refractivity contribution in [3.63, 3.8) is 0 Å². The van der Waals surface area contributed by atoms with E-state index in [4.69, 9.17) is 0 Å². The molecule has 0 unspecified atom stereocenters. The zero-order valence-corrected chi connectivity index (χ0v) is 11.1. The summed E-state index contributed by atoms with van der Waals surface area (Å²) >= 11 is 0. The minimum Gasteiger partial charge on any atom is -0.383 e. The molecular weight excluding hydrogens is 238 g/mol. The fourth-order valence-corrected chi connectivity index (χ4v) is 1.79. The highest BCUT2D eigenvalue weighted by Crippen LogP contribution is 2.21. The van der Waals surface area contributed by atoms with Crippen LogP contribution in [0.15, 0.2) is 12.1 Å². The molecule has 1 amide bonds. The summed E-state index contributed by atoms with van der Waals surface area (Å²) in [5.41, 5.74) is -0.204. The largest absolute Gasteiger partial charge is 0.383 e. The van der Waals surface area contributed by atoms with Gasteiger partial charge in [-0.05, 0) is 18.1 Å². The van der Waals surface area contributed by atoms with Crippen molar-refractivity contribution in [3.05, 3.63) is 29.3 Å². The van der Waals surface area contributed by atoms with Gasteiger partial charge in [0.05, 0.1) is 0 Å². The SMILES string of the molecule is CNc1c(F)cc(C(=O)N(C)CC(C)C)cc1F. The minimum absolute atomic E-state index is 0.0205. The molecule has 100 valence electrons. The van der Waals surface area contributed by atoms with Crippen LogP contribution in [0.1, 0.15) is 24.2 Å². The Labute approximate surface area is 106 Å². The molecule has 0 bridgehead atoms. The summed E-state index contributed by atoms with van der Waals surface area (Å²) < 4.78 is 27.0. The number of hydrogen-bond donors (Lipinski definition) is 1. The lowest BCUT2D eigenvalue weighted by atomic mass is 10.1. The predicted molar refractivity (Wildman–Crippen MR) is 67.7 cm³/mol. The third-order valence-corrected chi connectivity index (χ3v) is 2.52. The Hall–Kier alpha value is -1.65. The molecule has 0 spiro atoms. The normalized spacial score (nSPS) is 10.6. The molecule has 1 aromatic carbocycles. The van der Waals surface area contributed by atoms with Crippen molar-refractivity contribution >= 4 is 11.6 Å². The number of hydrogen-bond acceptors (Lipinski definition) is 2. The highest BCUT2D eigenvalue weighted by molar-refractivity contribution is 5.94. The van der Waals surface area contributed by atoms with Gasteiger partial charge in [-0.15, -0.1) is 0 Å². The van der Waals surface area contributed by atoms with Gasteiger partial charge in [-0.25, -0.2) is 8.78 Å². The molecule has 0 saturated carbocycles. The van der Waals surface area contributed by atoms with E-state index in [1.165, 1.54) is 11.9 Å². The van der Waals surface area contributed by atoms with Gasteiger partial charge in [0.25, 0.3) is 5.91 Å². The Bertz CT molecular complexity index is 424. The number of carbonyl (C=O) groups is 1. The van der Waals surface area contributed by atoms with E-state index < -0.39 is 11.6 Å². The third kappa shape index (κ3) is 3.18. The average Bonchev–Trinajstić information content (AvgIpc) is 2.26. The summed E-state index contributed by atoms with van der Waals surface area (Å²) in [5, 5.41) is 2.42. The lowest BCUT2D eigenvalue weighted by Crippen LogP contribution is -2.30. The van der Waals surface area contributed by atoms with Crippen molar-refractivity contribution in [1.29, 1.82) is 0 Å². The molecule has 1 rings (SSSR count). The topological polar surface area (TPSA) is 32.3 Å². The first kappa shape index (κ1) is 14.4. The lowest BCUT2D eigenvalue weighted by Gasteiger charge is -2.19. The fourth-order valence-electron chi connectivity index (χ4n) is 1.79. The molecule has 0 radical (unpaired) electrons. The molecule has 5 heteroatoms. The summed E-state index contributed by atoms with van der Waals surface area (Å²) in [7, 11) is 3.04. The molecule has 18 heavy (non-hydrogen) atoms. The van der Waals surface area contributed by atoms with Crippen LogP contribution in [0.3, 0.4) is 0 Å². The molecule has 1 N–H and O–H groups in total. The third-order valence-electron chi connectivity index (χ3n) is 2.52. The molecule has 0 aliphatic heterocycles. The Balaban J connectivity index is 3.00. The minimum atomic E-state index is -0.765. The van der Waals surface area contributed by atoms with E-state index >= 15 is 0 Å². The van der Waals surface area contributed by atoms with E-state index in [-0.39, 0.29) is 17.2 Å². The molecule has 0 saturated heterocycles. The standard InChI is InChI=1S/C13H18F2N2O/c1-8(2)7-17(4)13(18)9-5-10(14)12(16-3)11(15)6-9/h5-6,8,16H,7H2,1-4H3. The van der Waals surface area contributed by atoms with E-state index in [0.717, 1.165) is 12.1 Å². The molecule has 0 atom stereocenters. The van der Waals surface area contributed by atoms with Crippen molar-refractivity contribution in [2.45, 2.75) is 13.8 Å². The number of rotatable bonds is 4. The molecular formula is C13H18F2N2O. The van der Waals surface area contributed by atoms with Crippen LogP contribution in [0, 0.1) is 17.6 Å². The molecule has 0 aliphatic carbocycles. The van der Waals surface area contributed by atoms with E-state index in [0.29, 0.717) is 12.5 Å². The van der Waals surface area contributed by atoms with Crippen LogP contribution in [0.25, 0.3) is 0 Å². The summed E-state index contributed by atoms with van der Waals surface area (Å²) in [6.07, 6.45) is 0. The molecule has 0 aliphatic rings. The van der Waals surface area contributed by atoms with Crippen molar-refractivity contribution < 1.29 is 13.6 Å². The first-order chi connectivity index (χ1) is 8.36. The van der Waals surface area contributed by atoms with Gasteiger partial charge in [0.15, 0.2) is 0 Å². The highest BCUT2D eigenvalue weighted by atomic mass is 19.1. The van der Waals surface area contributed by atoms with Crippen molar-refractivity contribution in [1.82, 2.24) is 4.90 Å². The number of anilines is 1. The van der Waals surface area contributed by atoms with Gasteiger partial charge in [0, 0.05) is 26.2 Å². The Morgan fingerprint density at radius 3 is 2.22 bits per heavy atom. The Morgan fingerprint density at radius 1 is 1.33 bits per heavy atom. The van der Waals surface area contributed by atoms with Crippen LogP contribution in [0.2, 0.25) is 0 Å². The van der Waals surface area contributed by atoms with Gasteiger partial charge < -0.3 is 10.2 Å². The fraction of sp³-hybridized carbons (Fsp3) is 0.462. The van der Waals surface area contributed by atoms with E-state index in [9.17, 15) is 13.6 Å². The molecule has 0 fully saturated rings. The number of nitrogens with zero attached hydrogens (tertiary/aromatic N) is 1. The second-order valence-corrected chi connectivity index (χ2v) is 4.64. The second-order valence-electron chi connectivity index (χ2n) is 4.64. The summed E-state index contributed by atoms with van der Waals surface area (Å²) in [6, 6.07) is 2.10. The zero-order valence-electron chi connectivity index (χ0n) is 11.1. The van der Waals surface area contributed by atoms with Gasteiger partial charge >= 0.3 is 0 Å². The van der Waals surface area contributed by atoms with Gasteiger partial charge in [-0.1, -0.05) is 13.8 Å². The quantitative estimate of drug-likeness (QED) is 0.898. The maximum absolute atomic E-state index is 13.5. The smallest absolute Gasteiger partial charge is 0.253 e. The Kier molecular flexibility index (Phi) is 4.64. The Morgan fingerprint density at radius 2 is 1.83 bits per heavy atom. The number of amides is 1. The molecule has 3 nitrogen and oxygen atoms in total. The van der Waals surface area contributed by atoms with Gasteiger partial charge in [0.2, 0.25) is 0 Å². The van der Waals surface area contributed by atoms with Crippen LogP contribution in [0.4, 0.5) is 14.5 Å². The number of benzene rings is 1. The maximum Gasteiger partial charge on any atom is 0.253 e. The van der Waals surface area contributed by atoms with Crippen LogP contribution in [-0.2, 0) is 0 Å². The van der Waals surface area contributed by atoms with E-state index in [1.54, 1.807) is 7.05 Å². The molecule has 0 heterocycles. The van der Waals surface area contributed by atoms with Crippen LogP contribution in [0.5, 0.6) is 0 Å². The summed E-state index contributed by atoms with van der Waals surface area (Å²) in [6.45, 7) is 4.47. The number of nitrogens with one attached hydrogen (secondary N) is 1. The lowest BCUT2D eigenvalue weighted by molar-refractivity contribution is 0.0778. The zero-order chi connectivity index (χ0) is 13.9. The molecule has 0 aromatic heterocycles. The van der Waals surface area contributed by atoms with Crippen LogP contribution in [-0.4, -0.2) is 31.4 Å². The second kappa shape index (κ2) is 5.80. The highest BCUT2D eigenvalue weighted by Gasteiger charge is 2.17. The van der Waals surface area contributed by atoms with Crippen LogP contribution >= 0.6 is 0 Å². The van der Waals surface area contributed by atoms with Gasteiger partial charge in [-0.3, -0.25) is 4.79 Å². The van der Waals surface area contributed by atoms with E-state index in [1.807, 2.05) is 13.8 Å². The number of halogens is 2. The predicted octanol–water partition coefficient (Wildman–Crippen LogP) is 2.73. The average molecular weight is 256 g/mol. The number of carbonyl (C=O) groups excluding carboxylic acids is 1. The van der Waals surface area contributed by atoms with Crippen molar-refractivity contribution in [2.24, 2.45) is 5.92 Å². The molecule has 1 aromatic rings. The van der Waals surface area contributed by atoms with Gasteiger partial charge in [0.1, 0.15) is 17.3 Å².